The van der Waals surface area contributed by atoms with Gasteiger partial charge in [-0.2, -0.15) is 0 Å². The first-order valence-corrected chi connectivity index (χ1v) is 6.34. The number of carbonyl (C=O) groups is 2. The van der Waals surface area contributed by atoms with Crippen LogP contribution in [0.3, 0.4) is 0 Å². The number of rotatable bonds is 5. The van der Waals surface area contributed by atoms with Gasteiger partial charge in [-0.25, -0.2) is 9.59 Å². The molecule has 0 aromatic heterocycles. The molecule has 0 aliphatic heterocycles. The number of hydrogen-bond donors (Lipinski definition) is 3. The van der Waals surface area contributed by atoms with Crippen LogP contribution in [0, 0.1) is 5.92 Å². The fourth-order valence-corrected chi connectivity index (χ4v) is 2.32. The smallest absolute Gasteiger partial charge is 0.326 e. The highest BCUT2D eigenvalue weighted by Crippen LogP contribution is 2.27. The topological polar surface area (TPSA) is 78.4 Å². The molecule has 2 atom stereocenters. The van der Waals surface area contributed by atoms with E-state index in [1.807, 2.05) is 6.92 Å². The molecule has 1 aliphatic rings. The van der Waals surface area contributed by atoms with Gasteiger partial charge >= 0.3 is 12.0 Å². The number of amides is 2. The first-order valence-electron chi connectivity index (χ1n) is 6.34. The molecule has 2 amide bonds. The van der Waals surface area contributed by atoms with Crippen LogP contribution < -0.4 is 10.6 Å². The molecular formula is C12H22N2O3. The molecule has 3 N–H and O–H groups in total. The fraction of sp³-hybridized carbons (Fsp3) is 0.833. The minimum Gasteiger partial charge on any atom is -0.480 e. The summed E-state index contributed by atoms with van der Waals surface area (Å²) in [4.78, 5) is 22.4. The van der Waals surface area contributed by atoms with Crippen molar-refractivity contribution < 1.29 is 14.7 Å². The average molecular weight is 242 g/mol. The molecule has 1 saturated carbocycles. The summed E-state index contributed by atoms with van der Waals surface area (Å²) in [5.74, 6) is -0.457. The van der Waals surface area contributed by atoms with Crippen molar-refractivity contribution in [3.05, 3.63) is 0 Å². The van der Waals surface area contributed by atoms with Gasteiger partial charge in [0, 0.05) is 6.04 Å². The maximum absolute atomic E-state index is 11.6. The highest BCUT2D eigenvalue weighted by atomic mass is 16.4. The van der Waals surface area contributed by atoms with Crippen molar-refractivity contribution in [2.24, 2.45) is 5.92 Å². The van der Waals surface area contributed by atoms with Gasteiger partial charge in [0.15, 0.2) is 0 Å². The van der Waals surface area contributed by atoms with Crippen LogP contribution in [0.4, 0.5) is 4.79 Å². The Morgan fingerprint density at radius 1 is 1.29 bits per heavy atom. The van der Waals surface area contributed by atoms with Crippen LogP contribution in [0.1, 0.15) is 46.0 Å². The molecule has 0 aromatic rings. The number of carboxylic acids is 1. The molecule has 0 bridgehead atoms. The third-order valence-electron chi connectivity index (χ3n) is 3.48. The van der Waals surface area contributed by atoms with Crippen molar-refractivity contribution in [3.8, 4) is 0 Å². The molecule has 0 radical (unpaired) electrons. The van der Waals surface area contributed by atoms with E-state index in [4.69, 9.17) is 5.11 Å². The predicted octanol–water partition coefficient (Wildman–Crippen LogP) is 1.73. The van der Waals surface area contributed by atoms with Gasteiger partial charge in [0.2, 0.25) is 0 Å². The van der Waals surface area contributed by atoms with Gasteiger partial charge in [-0.05, 0) is 32.1 Å². The van der Waals surface area contributed by atoms with Crippen molar-refractivity contribution in [3.63, 3.8) is 0 Å². The van der Waals surface area contributed by atoms with Gasteiger partial charge in [0.05, 0.1) is 0 Å². The maximum atomic E-state index is 11.6. The number of hydrogen-bond acceptors (Lipinski definition) is 2. The lowest BCUT2D eigenvalue weighted by atomic mass is 10.0. The number of urea groups is 1. The zero-order valence-corrected chi connectivity index (χ0v) is 10.5. The van der Waals surface area contributed by atoms with Crippen LogP contribution in [-0.4, -0.2) is 29.2 Å². The first-order chi connectivity index (χ1) is 8.04. The van der Waals surface area contributed by atoms with E-state index >= 15 is 0 Å². The van der Waals surface area contributed by atoms with Gasteiger partial charge in [-0.3, -0.25) is 0 Å². The van der Waals surface area contributed by atoms with E-state index < -0.39 is 12.0 Å². The van der Waals surface area contributed by atoms with Crippen molar-refractivity contribution in [2.45, 2.75) is 58.0 Å². The largest absolute Gasteiger partial charge is 0.480 e. The predicted molar refractivity (Wildman–Crippen MR) is 64.8 cm³/mol. The monoisotopic (exact) mass is 242 g/mol. The Balaban J connectivity index is 2.35. The quantitative estimate of drug-likeness (QED) is 0.687. The Morgan fingerprint density at radius 3 is 2.35 bits per heavy atom. The van der Waals surface area contributed by atoms with Crippen LogP contribution in [0.25, 0.3) is 0 Å². The van der Waals surface area contributed by atoms with Crippen LogP contribution >= 0.6 is 0 Å². The van der Waals surface area contributed by atoms with Gasteiger partial charge in [-0.1, -0.05) is 19.8 Å². The molecule has 0 aromatic carbocycles. The molecule has 5 heteroatoms. The summed E-state index contributed by atoms with van der Waals surface area (Å²) >= 11 is 0. The second-order valence-corrected chi connectivity index (χ2v) is 4.75. The third kappa shape index (κ3) is 4.24. The molecule has 5 nitrogen and oxygen atoms in total. The Bertz CT molecular complexity index is 275. The highest BCUT2D eigenvalue weighted by molar-refractivity contribution is 5.82. The summed E-state index contributed by atoms with van der Waals surface area (Å²) in [5.41, 5.74) is 0. The SMILES string of the molecule is CC[C@@H](NC(=O)NC(C)C1CCCC1)C(=O)O. The Labute approximate surface area is 102 Å². The zero-order chi connectivity index (χ0) is 12.8. The van der Waals surface area contributed by atoms with Gasteiger partial charge in [0.25, 0.3) is 0 Å². The lowest BCUT2D eigenvalue weighted by molar-refractivity contribution is -0.139. The fourth-order valence-electron chi connectivity index (χ4n) is 2.32. The number of carbonyl (C=O) groups excluding carboxylic acids is 1. The number of carboxylic acid groups (broad SMARTS) is 1. The first kappa shape index (κ1) is 13.8. The Kier molecular flexibility index (Phi) is 5.25. The van der Waals surface area contributed by atoms with Gasteiger partial charge < -0.3 is 15.7 Å². The Morgan fingerprint density at radius 2 is 1.88 bits per heavy atom. The molecule has 1 rings (SSSR count). The maximum Gasteiger partial charge on any atom is 0.326 e. The van der Waals surface area contributed by atoms with Crippen molar-refractivity contribution in [1.29, 1.82) is 0 Å². The zero-order valence-electron chi connectivity index (χ0n) is 10.5. The summed E-state index contributed by atoms with van der Waals surface area (Å²) in [6.45, 7) is 3.72. The molecule has 98 valence electrons. The van der Waals surface area contributed by atoms with E-state index in [1.165, 1.54) is 12.8 Å². The normalized spacial score (nSPS) is 19.6. The van der Waals surface area contributed by atoms with Crippen LogP contribution in [0.2, 0.25) is 0 Å². The summed E-state index contributed by atoms with van der Waals surface area (Å²) in [5, 5.41) is 14.1. The highest BCUT2D eigenvalue weighted by Gasteiger charge is 2.24. The van der Waals surface area contributed by atoms with Gasteiger partial charge in [-0.15, -0.1) is 0 Å². The summed E-state index contributed by atoms with van der Waals surface area (Å²) in [6, 6.07) is -1.06. The number of nitrogens with one attached hydrogen (secondary N) is 2. The molecule has 17 heavy (non-hydrogen) atoms. The van der Waals surface area contributed by atoms with Crippen molar-refractivity contribution >= 4 is 12.0 Å². The second kappa shape index (κ2) is 6.47. The van der Waals surface area contributed by atoms with E-state index in [0.29, 0.717) is 12.3 Å². The summed E-state index contributed by atoms with van der Waals surface area (Å²) < 4.78 is 0. The molecule has 0 heterocycles. The number of aliphatic carboxylic acids is 1. The van der Waals surface area contributed by atoms with Gasteiger partial charge in [0.1, 0.15) is 6.04 Å². The molecule has 1 unspecified atom stereocenters. The lowest BCUT2D eigenvalue weighted by Gasteiger charge is -2.22. The minimum absolute atomic E-state index is 0.115. The van der Waals surface area contributed by atoms with Crippen LogP contribution in [0.15, 0.2) is 0 Å². The van der Waals surface area contributed by atoms with Crippen molar-refractivity contribution in [1.82, 2.24) is 10.6 Å². The lowest BCUT2D eigenvalue weighted by Crippen LogP contribution is -2.49. The summed E-state index contributed by atoms with van der Waals surface area (Å²) in [6.07, 6.45) is 5.14. The second-order valence-electron chi connectivity index (χ2n) is 4.75. The van der Waals surface area contributed by atoms with Crippen LogP contribution in [0.5, 0.6) is 0 Å². The minimum atomic E-state index is -0.990. The van der Waals surface area contributed by atoms with Crippen molar-refractivity contribution in [2.75, 3.05) is 0 Å². The molecule has 1 fully saturated rings. The van der Waals surface area contributed by atoms with E-state index in [0.717, 1.165) is 12.8 Å². The van der Waals surface area contributed by atoms with E-state index in [2.05, 4.69) is 10.6 Å². The average Bonchev–Trinajstić information content (AvgIpc) is 2.78. The van der Waals surface area contributed by atoms with E-state index in [1.54, 1.807) is 6.92 Å². The van der Waals surface area contributed by atoms with E-state index in [-0.39, 0.29) is 12.1 Å². The molecule has 0 spiro atoms. The van der Waals surface area contributed by atoms with Crippen LogP contribution in [-0.2, 0) is 4.79 Å². The Hall–Kier alpha value is -1.26. The van der Waals surface area contributed by atoms with E-state index in [9.17, 15) is 9.59 Å². The molecule has 1 aliphatic carbocycles. The summed E-state index contributed by atoms with van der Waals surface area (Å²) in [7, 11) is 0. The standard InChI is InChI=1S/C12H22N2O3/c1-3-10(11(15)16)14-12(17)13-8(2)9-6-4-5-7-9/h8-10H,3-7H2,1-2H3,(H,15,16)(H2,13,14,17)/t8?,10-/m1/s1. The molecule has 0 saturated heterocycles. The third-order valence-corrected chi connectivity index (χ3v) is 3.48. The molecular weight excluding hydrogens is 220 g/mol.